The van der Waals surface area contributed by atoms with E-state index in [1.165, 1.54) is 0 Å². The molecule has 1 saturated carbocycles. The predicted octanol–water partition coefficient (Wildman–Crippen LogP) is 2.02. The minimum Gasteiger partial charge on any atom is -0.372 e. The van der Waals surface area contributed by atoms with E-state index in [9.17, 15) is 4.79 Å². The molecule has 0 aromatic heterocycles. The van der Waals surface area contributed by atoms with Crippen LogP contribution >= 0.6 is 0 Å². The molecule has 1 amide bonds. The fourth-order valence-corrected chi connectivity index (χ4v) is 3.72. The van der Waals surface area contributed by atoms with E-state index in [-0.39, 0.29) is 23.0 Å². The molecular weight excluding hydrogens is 252 g/mol. The van der Waals surface area contributed by atoms with Crippen molar-refractivity contribution in [3.63, 3.8) is 0 Å². The number of ether oxygens (including phenoxy) is 1. The first-order chi connectivity index (χ1) is 9.15. The summed E-state index contributed by atoms with van der Waals surface area (Å²) in [6, 6.07) is 0.218. The monoisotopic (exact) mass is 282 g/mol. The van der Waals surface area contributed by atoms with Crippen LogP contribution in [0.3, 0.4) is 0 Å². The van der Waals surface area contributed by atoms with Gasteiger partial charge in [0.05, 0.1) is 12.2 Å². The molecule has 3 unspecified atom stereocenters. The summed E-state index contributed by atoms with van der Waals surface area (Å²) < 4.78 is 5.71. The highest BCUT2D eigenvalue weighted by Gasteiger charge is 2.47. The number of morpholine rings is 1. The molecule has 1 saturated heterocycles. The quantitative estimate of drug-likeness (QED) is 0.800. The molecule has 116 valence electrons. The molecule has 2 rings (SSSR count). The third kappa shape index (κ3) is 2.86. The Hall–Kier alpha value is -0.610. The van der Waals surface area contributed by atoms with Crippen LogP contribution in [0.25, 0.3) is 0 Å². The van der Waals surface area contributed by atoms with Crippen molar-refractivity contribution in [3.8, 4) is 0 Å². The molecule has 2 N–H and O–H groups in total. The average Bonchev–Trinajstić information content (AvgIpc) is 2.34. The first kappa shape index (κ1) is 15.8. The van der Waals surface area contributed by atoms with E-state index in [0.29, 0.717) is 25.0 Å². The van der Waals surface area contributed by atoms with Gasteiger partial charge in [-0.15, -0.1) is 0 Å². The van der Waals surface area contributed by atoms with Gasteiger partial charge in [0.15, 0.2) is 0 Å². The number of nitrogens with two attached hydrogens (primary N) is 1. The SMILES string of the molecule is CC1C(N)CCC(C(=O)N2CCOC(C)(C)C2)C1(C)C. The van der Waals surface area contributed by atoms with Crippen molar-refractivity contribution in [2.75, 3.05) is 19.7 Å². The Bertz CT molecular complexity index is 379. The molecule has 4 heteroatoms. The van der Waals surface area contributed by atoms with Crippen molar-refractivity contribution in [1.82, 2.24) is 4.90 Å². The first-order valence-corrected chi connectivity index (χ1v) is 7.83. The molecular formula is C16H30N2O2. The fourth-order valence-electron chi connectivity index (χ4n) is 3.72. The summed E-state index contributed by atoms with van der Waals surface area (Å²) in [6.07, 6.45) is 1.86. The van der Waals surface area contributed by atoms with Gasteiger partial charge in [-0.3, -0.25) is 4.79 Å². The number of nitrogens with zero attached hydrogens (tertiary/aromatic N) is 1. The Kier molecular flexibility index (Phi) is 4.18. The van der Waals surface area contributed by atoms with Gasteiger partial charge in [0.1, 0.15) is 0 Å². The molecule has 1 heterocycles. The van der Waals surface area contributed by atoms with E-state index in [1.54, 1.807) is 0 Å². The fraction of sp³-hybridized carbons (Fsp3) is 0.938. The lowest BCUT2D eigenvalue weighted by Crippen LogP contribution is -2.57. The van der Waals surface area contributed by atoms with E-state index >= 15 is 0 Å². The Morgan fingerprint density at radius 2 is 1.90 bits per heavy atom. The topological polar surface area (TPSA) is 55.6 Å². The van der Waals surface area contributed by atoms with Gasteiger partial charge in [-0.25, -0.2) is 0 Å². The van der Waals surface area contributed by atoms with Gasteiger partial charge in [0, 0.05) is 25.0 Å². The van der Waals surface area contributed by atoms with Crippen molar-refractivity contribution in [1.29, 1.82) is 0 Å². The highest BCUT2D eigenvalue weighted by atomic mass is 16.5. The molecule has 2 fully saturated rings. The summed E-state index contributed by atoms with van der Waals surface area (Å²) in [5.41, 5.74) is 5.93. The minimum atomic E-state index is -0.227. The zero-order valence-corrected chi connectivity index (χ0v) is 13.6. The van der Waals surface area contributed by atoms with Crippen LogP contribution in [0.4, 0.5) is 0 Å². The maximum absolute atomic E-state index is 12.9. The molecule has 0 aromatic carbocycles. The number of amides is 1. The van der Waals surface area contributed by atoms with Crippen LogP contribution in [0.2, 0.25) is 0 Å². The van der Waals surface area contributed by atoms with Crippen molar-refractivity contribution in [3.05, 3.63) is 0 Å². The molecule has 0 aromatic rings. The second-order valence-electron chi connectivity index (χ2n) is 7.77. The normalized spacial score (nSPS) is 36.7. The van der Waals surface area contributed by atoms with Crippen LogP contribution in [0.1, 0.15) is 47.5 Å². The highest BCUT2D eigenvalue weighted by molar-refractivity contribution is 5.80. The highest BCUT2D eigenvalue weighted by Crippen LogP contribution is 2.45. The van der Waals surface area contributed by atoms with Gasteiger partial charge < -0.3 is 15.4 Å². The van der Waals surface area contributed by atoms with E-state index in [1.807, 2.05) is 4.90 Å². The van der Waals surface area contributed by atoms with Gasteiger partial charge in [0.2, 0.25) is 5.91 Å². The molecule has 0 spiro atoms. The lowest BCUT2D eigenvalue weighted by Gasteiger charge is -2.48. The van der Waals surface area contributed by atoms with Crippen LogP contribution in [0.5, 0.6) is 0 Å². The minimum absolute atomic E-state index is 0.0306. The summed E-state index contributed by atoms with van der Waals surface area (Å²) in [5.74, 6) is 0.760. The van der Waals surface area contributed by atoms with Gasteiger partial charge >= 0.3 is 0 Å². The second-order valence-corrected chi connectivity index (χ2v) is 7.77. The van der Waals surface area contributed by atoms with E-state index in [4.69, 9.17) is 10.5 Å². The van der Waals surface area contributed by atoms with Gasteiger partial charge in [0.25, 0.3) is 0 Å². The first-order valence-electron chi connectivity index (χ1n) is 7.83. The smallest absolute Gasteiger partial charge is 0.226 e. The van der Waals surface area contributed by atoms with Crippen LogP contribution in [-0.4, -0.2) is 42.1 Å². The lowest BCUT2D eigenvalue weighted by molar-refractivity contribution is -0.157. The standard InChI is InChI=1S/C16H30N2O2/c1-11-13(17)7-6-12(16(11,4)5)14(19)18-8-9-20-15(2,3)10-18/h11-13H,6-10,17H2,1-5H3. The summed E-state index contributed by atoms with van der Waals surface area (Å²) in [7, 11) is 0. The van der Waals surface area contributed by atoms with Crippen molar-refractivity contribution >= 4 is 5.91 Å². The van der Waals surface area contributed by atoms with E-state index in [0.717, 1.165) is 19.4 Å². The third-order valence-electron chi connectivity index (χ3n) is 5.54. The summed E-state index contributed by atoms with van der Waals surface area (Å²) in [4.78, 5) is 14.9. The molecule has 1 aliphatic carbocycles. The van der Waals surface area contributed by atoms with Crippen LogP contribution in [0.15, 0.2) is 0 Å². The maximum atomic E-state index is 12.9. The Labute approximate surface area is 123 Å². The summed E-state index contributed by atoms with van der Waals surface area (Å²) in [6.45, 7) is 12.7. The van der Waals surface area contributed by atoms with Gasteiger partial charge in [-0.2, -0.15) is 0 Å². The second kappa shape index (κ2) is 5.30. The molecule has 2 aliphatic rings. The Morgan fingerprint density at radius 1 is 1.25 bits per heavy atom. The maximum Gasteiger partial charge on any atom is 0.226 e. The number of carbonyl (C=O) groups is 1. The number of rotatable bonds is 1. The Morgan fingerprint density at radius 3 is 2.50 bits per heavy atom. The molecule has 1 aliphatic heterocycles. The van der Waals surface area contributed by atoms with Crippen molar-refractivity contribution in [2.45, 2.75) is 59.1 Å². The van der Waals surface area contributed by atoms with Gasteiger partial charge in [-0.1, -0.05) is 20.8 Å². The average molecular weight is 282 g/mol. The third-order valence-corrected chi connectivity index (χ3v) is 5.54. The number of carbonyl (C=O) groups excluding carboxylic acids is 1. The zero-order valence-electron chi connectivity index (χ0n) is 13.6. The van der Waals surface area contributed by atoms with Crippen molar-refractivity contribution in [2.24, 2.45) is 23.0 Å². The largest absolute Gasteiger partial charge is 0.372 e. The van der Waals surface area contributed by atoms with Crippen molar-refractivity contribution < 1.29 is 9.53 Å². The lowest BCUT2D eigenvalue weighted by atomic mass is 9.60. The van der Waals surface area contributed by atoms with Crippen LogP contribution < -0.4 is 5.73 Å². The van der Waals surface area contributed by atoms with E-state index < -0.39 is 0 Å². The van der Waals surface area contributed by atoms with E-state index in [2.05, 4.69) is 34.6 Å². The summed E-state index contributed by atoms with van der Waals surface area (Å²) in [5, 5.41) is 0. The molecule has 20 heavy (non-hydrogen) atoms. The molecule has 3 atom stereocenters. The number of hydrogen-bond donors (Lipinski definition) is 1. The number of hydrogen-bond acceptors (Lipinski definition) is 3. The molecule has 0 bridgehead atoms. The van der Waals surface area contributed by atoms with Crippen LogP contribution in [0, 0.1) is 17.3 Å². The zero-order chi connectivity index (χ0) is 15.1. The predicted molar refractivity (Wildman–Crippen MR) is 80.3 cm³/mol. The molecule has 0 radical (unpaired) electrons. The van der Waals surface area contributed by atoms with Gasteiger partial charge in [-0.05, 0) is 38.0 Å². The van der Waals surface area contributed by atoms with Crippen LogP contribution in [-0.2, 0) is 9.53 Å². The molecule has 4 nitrogen and oxygen atoms in total. The summed E-state index contributed by atoms with van der Waals surface area (Å²) >= 11 is 0. The Balaban J connectivity index is 2.12.